The molecule has 0 radical (unpaired) electrons. The lowest BCUT2D eigenvalue weighted by Gasteiger charge is -2.08. The fraction of sp³-hybridized carbons (Fsp3) is 0.333. The zero-order valence-electron chi connectivity index (χ0n) is 15.6. The molecule has 2 aromatic rings. The Hall–Kier alpha value is -2.74. The van der Waals surface area contributed by atoms with Crippen molar-refractivity contribution < 1.29 is 0 Å². The van der Waals surface area contributed by atoms with Gasteiger partial charge in [-0.1, -0.05) is 19.1 Å². The van der Waals surface area contributed by atoms with Crippen LogP contribution >= 0.6 is 11.3 Å². The van der Waals surface area contributed by atoms with E-state index in [9.17, 15) is 0 Å². The number of thiazole rings is 1. The van der Waals surface area contributed by atoms with E-state index in [1.54, 1.807) is 14.1 Å². The highest BCUT2D eigenvalue weighted by Crippen LogP contribution is 2.25. The lowest BCUT2D eigenvalue weighted by atomic mass is 10.1. The predicted molar refractivity (Wildman–Crippen MR) is 112 cm³/mol. The molecule has 26 heavy (non-hydrogen) atoms. The molecule has 0 bridgehead atoms. The number of nitrogens with zero attached hydrogens (tertiary/aromatic N) is 4. The van der Waals surface area contributed by atoms with Crippen molar-refractivity contribution in [2.75, 3.05) is 26.0 Å². The number of amidine groups is 1. The molecule has 7 nitrogen and oxygen atoms in total. The molecule has 2 heterocycles. The maximum Gasteiger partial charge on any atom is 0.197 e. The number of aromatic nitrogens is 2. The van der Waals surface area contributed by atoms with E-state index in [1.165, 1.54) is 11.3 Å². The van der Waals surface area contributed by atoms with Gasteiger partial charge in [0.2, 0.25) is 0 Å². The van der Waals surface area contributed by atoms with Crippen molar-refractivity contribution in [1.29, 1.82) is 0 Å². The zero-order valence-corrected chi connectivity index (χ0v) is 16.4. The van der Waals surface area contributed by atoms with Crippen LogP contribution in [0, 0.1) is 0 Å². The normalized spacial score (nSPS) is 13.0. The first kappa shape index (κ1) is 19.6. The van der Waals surface area contributed by atoms with E-state index in [4.69, 9.17) is 10.7 Å². The van der Waals surface area contributed by atoms with Gasteiger partial charge in [-0.15, -0.1) is 11.3 Å². The lowest BCUT2D eigenvalue weighted by Crippen LogP contribution is -2.30. The number of pyridine rings is 1. The van der Waals surface area contributed by atoms with E-state index in [0.717, 1.165) is 40.8 Å². The Bertz CT molecular complexity index is 820. The summed E-state index contributed by atoms with van der Waals surface area (Å²) in [5.74, 6) is 1.17. The van der Waals surface area contributed by atoms with Crippen molar-refractivity contribution in [2.45, 2.75) is 20.3 Å². The van der Waals surface area contributed by atoms with E-state index >= 15 is 0 Å². The molecule has 0 saturated carbocycles. The summed E-state index contributed by atoms with van der Waals surface area (Å²) in [7, 11) is 3.41. The first-order valence-electron chi connectivity index (χ1n) is 8.46. The van der Waals surface area contributed by atoms with Gasteiger partial charge in [0, 0.05) is 31.6 Å². The highest BCUT2D eigenvalue weighted by atomic mass is 32.1. The van der Waals surface area contributed by atoms with Crippen LogP contribution in [0.15, 0.2) is 39.6 Å². The highest BCUT2D eigenvalue weighted by Gasteiger charge is 2.11. The molecule has 0 aromatic carbocycles. The van der Waals surface area contributed by atoms with Gasteiger partial charge in [0.1, 0.15) is 11.5 Å². The molecule has 0 spiro atoms. The molecule has 138 valence electrons. The van der Waals surface area contributed by atoms with Gasteiger partial charge in [0.15, 0.2) is 11.1 Å². The zero-order chi connectivity index (χ0) is 18.9. The summed E-state index contributed by atoms with van der Waals surface area (Å²) in [6.07, 6.45) is 2.88. The predicted octanol–water partition coefficient (Wildman–Crippen LogP) is 2.99. The number of aliphatic imine (C=N–C) groups is 2. The summed E-state index contributed by atoms with van der Waals surface area (Å²) in [4.78, 5) is 17.6. The molecule has 0 aliphatic carbocycles. The number of nitrogens with two attached hydrogens (primary N) is 1. The van der Waals surface area contributed by atoms with E-state index in [2.05, 4.69) is 32.5 Å². The van der Waals surface area contributed by atoms with Crippen molar-refractivity contribution in [1.82, 2.24) is 15.3 Å². The van der Waals surface area contributed by atoms with Gasteiger partial charge < -0.3 is 16.4 Å². The number of anilines is 1. The Morgan fingerprint density at radius 1 is 1.19 bits per heavy atom. The molecule has 0 aliphatic heterocycles. The maximum absolute atomic E-state index is 6.02. The number of allylic oxidation sites excluding steroid dienone is 1. The van der Waals surface area contributed by atoms with Gasteiger partial charge >= 0.3 is 0 Å². The second-order valence-corrected chi connectivity index (χ2v) is 6.17. The first-order valence-corrected chi connectivity index (χ1v) is 9.34. The summed E-state index contributed by atoms with van der Waals surface area (Å²) in [5.41, 5.74) is 9.25. The van der Waals surface area contributed by atoms with Gasteiger partial charge in [0.05, 0.1) is 11.4 Å². The van der Waals surface area contributed by atoms with Crippen LogP contribution in [0.2, 0.25) is 0 Å². The maximum atomic E-state index is 6.02. The molecule has 0 amide bonds. The van der Waals surface area contributed by atoms with E-state index in [-0.39, 0.29) is 0 Å². The molecule has 0 aliphatic rings. The van der Waals surface area contributed by atoms with Crippen LogP contribution in [0.4, 0.5) is 5.13 Å². The Morgan fingerprint density at radius 3 is 2.65 bits per heavy atom. The summed E-state index contributed by atoms with van der Waals surface area (Å²) >= 11 is 1.50. The largest absolute Gasteiger partial charge is 0.383 e. The molecule has 0 fully saturated rings. The second kappa shape index (κ2) is 9.67. The van der Waals surface area contributed by atoms with Crippen LogP contribution in [0.25, 0.3) is 17.0 Å². The number of hydrogen-bond donors (Lipinski definition) is 3. The average Bonchev–Trinajstić information content (AvgIpc) is 3.13. The third-order valence-corrected chi connectivity index (χ3v) is 4.27. The van der Waals surface area contributed by atoms with Crippen molar-refractivity contribution >= 4 is 33.8 Å². The van der Waals surface area contributed by atoms with Gasteiger partial charge in [-0.3, -0.25) is 9.98 Å². The molecular weight excluding hydrogens is 346 g/mol. The van der Waals surface area contributed by atoms with E-state index < -0.39 is 0 Å². The second-order valence-electron chi connectivity index (χ2n) is 5.31. The molecule has 0 saturated heterocycles. The Morgan fingerprint density at radius 2 is 2.00 bits per heavy atom. The average molecular weight is 372 g/mol. The SMILES string of the molecule is CC/C=C(\C(N)=NC)c1cccc(-c2csc(NC(=NC)NCC)n2)n1. The lowest BCUT2D eigenvalue weighted by molar-refractivity contribution is 0.957. The minimum absolute atomic E-state index is 0.478. The quantitative estimate of drug-likeness (QED) is 0.535. The van der Waals surface area contributed by atoms with Crippen molar-refractivity contribution in [3.8, 4) is 11.4 Å². The molecule has 0 atom stereocenters. The molecular formula is C18H25N7S. The summed E-state index contributed by atoms with van der Waals surface area (Å²) in [6.45, 7) is 4.86. The molecule has 2 aromatic heterocycles. The Labute approximate surface area is 158 Å². The van der Waals surface area contributed by atoms with Crippen LogP contribution in [-0.4, -0.2) is 42.4 Å². The van der Waals surface area contributed by atoms with Gasteiger partial charge in [-0.05, 0) is 25.5 Å². The standard InChI is InChI=1S/C18H25N7S/c1-5-8-12(16(19)20-3)13-9-7-10-14(23-13)15-11-26-18(24-15)25-17(21-4)22-6-2/h7-11H,5-6H2,1-4H3,(H2,19,20)(H2,21,22,24,25)/b12-8-. The van der Waals surface area contributed by atoms with Crippen LogP contribution in [-0.2, 0) is 0 Å². The van der Waals surface area contributed by atoms with E-state index in [1.807, 2.05) is 36.6 Å². The fourth-order valence-corrected chi connectivity index (χ4v) is 2.99. The third kappa shape index (κ3) is 4.89. The van der Waals surface area contributed by atoms with E-state index in [0.29, 0.717) is 11.8 Å². The van der Waals surface area contributed by atoms with Crippen molar-refractivity contribution in [3.05, 3.63) is 35.3 Å². The number of guanidine groups is 1. The monoisotopic (exact) mass is 371 g/mol. The smallest absolute Gasteiger partial charge is 0.197 e. The third-order valence-electron chi connectivity index (χ3n) is 3.51. The van der Waals surface area contributed by atoms with Crippen LogP contribution in [0.1, 0.15) is 26.0 Å². The topological polar surface area (TPSA) is 101 Å². The highest BCUT2D eigenvalue weighted by molar-refractivity contribution is 7.14. The van der Waals surface area contributed by atoms with Gasteiger partial charge in [0.25, 0.3) is 0 Å². The molecule has 4 N–H and O–H groups in total. The number of hydrogen-bond acceptors (Lipinski definition) is 5. The molecule has 0 unspecified atom stereocenters. The van der Waals surface area contributed by atoms with Crippen LogP contribution in [0.3, 0.4) is 0 Å². The minimum atomic E-state index is 0.478. The summed E-state index contributed by atoms with van der Waals surface area (Å²) in [5, 5.41) is 9.04. The van der Waals surface area contributed by atoms with Crippen molar-refractivity contribution in [2.24, 2.45) is 15.7 Å². The van der Waals surface area contributed by atoms with Crippen molar-refractivity contribution in [3.63, 3.8) is 0 Å². The van der Waals surface area contributed by atoms with Gasteiger partial charge in [-0.25, -0.2) is 9.97 Å². The van der Waals surface area contributed by atoms with Crippen LogP contribution in [0.5, 0.6) is 0 Å². The summed E-state index contributed by atoms with van der Waals surface area (Å²) < 4.78 is 0. The molecule has 2 rings (SSSR count). The Balaban J connectivity index is 2.29. The first-order chi connectivity index (χ1) is 12.6. The number of rotatable bonds is 6. The minimum Gasteiger partial charge on any atom is -0.383 e. The molecule has 8 heteroatoms. The Kier molecular flexibility index (Phi) is 7.28. The fourth-order valence-electron chi connectivity index (χ4n) is 2.29. The van der Waals surface area contributed by atoms with Crippen LogP contribution < -0.4 is 16.4 Å². The number of nitrogens with one attached hydrogen (secondary N) is 2. The van der Waals surface area contributed by atoms with Gasteiger partial charge in [-0.2, -0.15) is 0 Å². The summed E-state index contributed by atoms with van der Waals surface area (Å²) in [6, 6.07) is 5.82.